The van der Waals surface area contributed by atoms with Gasteiger partial charge in [-0.05, 0) is 31.7 Å². The predicted octanol–water partition coefficient (Wildman–Crippen LogP) is 2.79. The standard InChI is InChI=1S/C23H31N5O4.ClH/c1-30-19-12-14-15(13-20(19)31-2)25-23(26-21(14)24)28-10-9-27(16-6-3-4-7-17(16)28)22(29)18-8-5-11-32-18;/h12-13,16-18H,3-11H2,1-2H3,(H2,24,25,26);1H/t16-,17+,18?;/m0./s1. The molecule has 1 aromatic carbocycles. The largest absolute Gasteiger partial charge is 0.493 e. The van der Waals surface area contributed by atoms with Crippen LogP contribution in [-0.4, -0.2) is 72.9 Å². The molecule has 3 aliphatic rings. The summed E-state index contributed by atoms with van der Waals surface area (Å²) in [4.78, 5) is 27.0. The Bertz CT molecular complexity index is 1020. The summed E-state index contributed by atoms with van der Waals surface area (Å²) in [5, 5.41) is 0.735. The first-order valence-electron chi connectivity index (χ1n) is 11.5. The third kappa shape index (κ3) is 4.24. The van der Waals surface area contributed by atoms with Gasteiger partial charge in [-0.3, -0.25) is 4.79 Å². The summed E-state index contributed by atoms with van der Waals surface area (Å²) in [5.41, 5.74) is 7.07. The number of nitrogen functional groups attached to an aromatic ring is 1. The second kappa shape index (κ2) is 9.77. The maximum atomic E-state index is 13.2. The molecule has 5 rings (SSSR count). The monoisotopic (exact) mass is 477 g/mol. The van der Waals surface area contributed by atoms with E-state index in [2.05, 4.69) is 14.8 Å². The minimum atomic E-state index is -0.279. The summed E-state index contributed by atoms with van der Waals surface area (Å²) in [7, 11) is 3.20. The van der Waals surface area contributed by atoms with Crippen molar-refractivity contribution in [3.8, 4) is 11.5 Å². The van der Waals surface area contributed by atoms with Crippen LogP contribution >= 0.6 is 12.4 Å². The molecular weight excluding hydrogens is 446 g/mol. The van der Waals surface area contributed by atoms with Crippen LogP contribution < -0.4 is 20.1 Å². The highest BCUT2D eigenvalue weighted by Gasteiger charge is 2.43. The van der Waals surface area contributed by atoms with Crippen molar-refractivity contribution in [3.63, 3.8) is 0 Å². The van der Waals surface area contributed by atoms with Crippen molar-refractivity contribution in [2.45, 2.75) is 56.7 Å². The molecule has 1 aromatic heterocycles. The van der Waals surface area contributed by atoms with Crippen LogP contribution in [0, 0.1) is 0 Å². The Kier molecular flexibility index (Phi) is 6.99. The Morgan fingerprint density at radius 2 is 1.76 bits per heavy atom. The average molecular weight is 478 g/mol. The number of ether oxygens (including phenoxy) is 3. The van der Waals surface area contributed by atoms with Crippen LogP contribution in [0.2, 0.25) is 0 Å². The molecule has 1 amide bonds. The number of amides is 1. The van der Waals surface area contributed by atoms with E-state index in [-0.39, 0.29) is 36.5 Å². The molecule has 33 heavy (non-hydrogen) atoms. The second-order valence-electron chi connectivity index (χ2n) is 8.78. The summed E-state index contributed by atoms with van der Waals surface area (Å²) in [6.07, 6.45) is 5.77. The Morgan fingerprint density at radius 3 is 2.45 bits per heavy atom. The van der Waals surface area contributed by atoms with E-state index < -0.39 is 0 Å². The highest BCUT2D eigenvalue weighted by Crippen LogP contribution is 2.37. The fourth-order valence-corrected chi connectivity index (χ4v) is 5.44. The number of anilines is 2. The molecule has 0 radical (unpaired) electrons. The van der Waals surface area contributed by atoms with Crippen molar-refractivity contribution in [2.75, 3.05) is 44.5 Å². The molecule has 0 bridgehead atoms. The molecule has 2 aromatic rings. The number of hydrogen-bond donors (Lipinski definition) is 1. The molecule has 3 atom stereocenters. The van der Waals surface area contributed by atoms with E-state index in [0.717, 1.165) is 49.4 Å². The summed E-state index contributed by atoms with van der Waals surface area (Å²) < 4.78 is 16.5. The molecule has 10 heteroatoms. The topological polar surface area (TPSA) is 103 Å². The lowest BCUT2D eigenvalue weighted by Crippen LogP contribution is -2.63. The van der Waals surface area contributed by atoms with Gasteiger partial charge in [0, 0.05) is 31.1 Å². The second-order valence-corrected chi connectivity index (χ2v) is 8.78. The van der Waals surface area contributed by atoms with Gasteiger partial charge in [0.05, 0.1) is 31.8 Å². The average Bonchev–Trinajstić information content (AvgIpc) is 3.37. The number of nitrogens with two attached hydrogens (primary N) is 1. The van der Waals surface area contributed by atoms with E-state index >= 15 is 0 Å². The first-order valence-corrected chi connectivity index (χ1v) is 11.5. The van der Waals surface area contributed by atoms with Crippen molar-refractivity contribution < 1.29 is 19.0 Å². The zero-order chi connectivity index (χ0) is 22.2. The number of carbonyl (C=O) groups is 1. The number of fused-ring (bicyclic) bond motifs is 2. The Labute approximate surface area is 200 Å². The number of halogens is 1. The smallest absolute Gasteiger partial charge is 0.252 e. The molecule has 1 aliphatic carbocycles. The molecule has 3 heterocycles. The molecule has 180 valence electrons. The van der Waals surface area contributed by atoms with Crippen molar-refractivity contribution in [1.29, 1.82) is 0 Å². The maximum absolute atomic E-state index is 13.2. The summed E-state index contributed by atoms with van der Waals surface area (Å²) in [5.74, 6) is 2.37. The van der Waals surface area contributed by atoms with Crippen molar-refractivity contribution in [1.82, 2.24) is 14.9 Å². The van der Waals surface area contributed by atoms with Crippen molar-refractivity contribution in [3.05, 3.63) is 12.1 Å². The summed E-state index contributed by atoms with van der Waals surface area (Å²) in [6, 6.07) is 3.99. The van der Waals surface area contributed by atoms with Gasteiger partial charge in [0.25, 0.3) is 5.91 Å². The third-order valence-corrected chi connectivity index (χ3v) is 7.04. The van der Waals surface area contributed by atoms with Crippen LogP contribution in [0.4, 0.5) is 11.8 Å². The minimum absolute atomic E-state index is 0. The highest BCUT2D eigenvalue weighted by atomic mass is 35.5. The molecule has 1 unspecified atom stereocenters. The van der Waals surface area contributed by atoms with E-state index in [1.165, 1.54) is 0 Å². The number of hydrogen-bond acceptors (Lipinski definition) is 8. The molecule has 3 fully saturated rings. The lowest BCUT2D eigenvalue weighted by atomic mass is 9.86. The number of benzene rings is 1. The Hall–Kier alpha value is -2.52. The molecule has 2 saturated heterocycles. The number of rotatable bonds is 4. The predicted molar refractivity (Wildman–Crippen MR) is 128 cm³/mol. The van der Waals surface area contributed by atoms with Gasteiger partial charge in [0.2, 0.25) is 5.95 Å². The molecule has 2 aliphatic heterocycles. The lowest BCUT2D eigenvalue weighted by Gasteiger charge is -2.50. The fourth-order valence-electron chi connectivity index (χ4n) is 5.44. The van der Waals surface area contributed by atoms with Crippen LogP contribution in [0.25, 0.3) is 10.9 Å². The van der Waals surface area contributed by atoms with Crippen LogP contribution in [0.5, 0.6) is 11.5 Å². The lowest BCUT2D eigenvalue weighted by molar-refractivity contribution is -0.145. The fraction of sp³-hybridized carbons (Fsp3) is 0.609. The number of carbonyl (C=O) groups excluding carboxylic acids is 1. The van der Waals surface area contributed by atoms with E-state index in [0.29, 0.717) is 43.0 Å². The normalized spacial score (nSPS) is 24.8. The van der Waals surface area contributed by atoms with Gasteiger partial charge in [-0.25, -0.2) is 4.98 Å². The molecule has 9 nitrogen and oxygen atoms in total. The van der Waals surface area contributed by atoms with E-state index in [4.69, 9.17) is 24.9 Å². The summed E-state index contributed by atoms with van der Waals surface area (Å²) >= 11 is 0. The molecular formula is C23H32ClN5O4. The zero-order valence-corrected chi connectivity index (χ0v) is 20.0. The molecule has 2 N–H and O–H groups in total. The molecule has 0 spiro atoms. The number of methoxy groups -OCH3 is 2. The number of aromatic nitrogens is 2. The SMILES string of the molecule is COc1cc2nc(N3CCN(C(=O)C4CCCO4)[C@H]4CCCC[C@H]43)nc(N)c2cc1OC.Cl. The van der Waals surface area contributed by atoms with Gasteiger partial charge in [-0.1, -0.05) is 12.8 Å². The van der Waals surface area contributed by atoms with E-state index in [1.54, 1.807) is 14.2 Å². The number of nitrogens with zero attached hydrogens (tertiary/aromatic N) is 4. The van der Waals surface area contributed by atoms with Crippen LogP contribution in [0.1, 0.15) is 38.5 Å². The Balaban J connectivity index is 0.00000259. The quantitative estimate of drug-likeness (QED) is 0.717. The van der Waals surface area contributed by atoms with Gasteiger partial charge in [-0.15, -0.1) is 12.4 Å². The van der Waals surface area contributed by atoms with Crippen molar-refractivity contribution in [2.24, 2.45) is 0 Å². The zero-order valence-electron chi connectivity index (χ0n) is 19.2. The highest BCUT2D eigenvalue weighted by molar-refractivity contribution is 5.92. The van der Waals surface area contributed by atoms with Gasteiger partial charge < -0.3 is 29.7 Å². The maximum Gasteiger partial charge on any atom is 0.252 e. The van der Waals surface area contributed by atoms with Crippen molar-refractivity contribution >= 4 is 41.0 Å². The van der Waals surface area contributed by atoms with Gasteiger partial charge in [0.1, 0.15) is 11.9 Å². The first-order chi connectivity index (χ1) is 15.6. The van der Waals surface area contributed by atoms with Crippen LogP contribution in [-0.2, 0) is 9.53 Å². The van der Waals surface area contributed by atoms with E-state index in [9.17, 15) is 4.79 Å². The van der Waals surface area contributed by atoms with Gasteiger partial charge >= 0.3 is 0 Å². The Morgan fingerprint density at radius 1 is 1.03 bits per heavy atom. The van der Waals surface area contributed by atoms with Gasteiger partial charge in [0.15, 0.2) is 11.5 Å². The minimum Gasteiger partial charge on any atom is -0.493 e. The first kappa shape index (κ1) is 23.6. The van der Waals surface area contributed by atoms with Crippen LogP contribution in [0.3, 0.4) is 0 Å². The third-order valence-electron chi connectivity index (χ3n) is 7.04. The van der Waals surface area contributed by atoms with Crippen LogP contribution in [0.15, 0.2) is 12.1 Å². The molecule has 1 saturated carbocycles. The summed E-state index contributed by atoms with van der Waals surface area (Å²) in [6.45, 7) is 2.01. The van der Waals surface area contributed by atoms with E-state index in [1.807, 2.05) is 12.1 Å². The van der Waals surface area contributed by atoms with Gasteiger partial charge in [-0.2, -0.15) is 4.98 Å². The number of piperazine rings is 1.